The molecule has 0 aromatic carbocycles. The topological polar surface area (TPSA) is 177 Å². The number of piperidine rings is 1. The van der Waals surface area contributed by atoms with Crippen LogP contribution in [0, 0.1) is 34.0 Å². The van der Waals surface area contributed by atoms with Gasteiger partial charge in [0.25, 0.3) is 0 Å². The van der Waals surface area contributed by atoms with Crippen LogP contribution in [-0.2, 0) is 24.4 Å². The predicted octanol–water partition coefficient (Wildman–Crippen LogP) is 1.76. The molecule has 0 radical (unpaired) electrons. The minimum Gasteiger partial charge on any atom is -0.394 e. The van der Waals surface area contributed by atoms with Crippen molar-refractivity contribution in [2.45, 2.75) is 112 Å². The summed E-state index contributed by atoms with van der Waals surface area (Å²) in [6.45, 7) is 17.9. The average Bonchev–Trinajstić information content (AvgIpc) is 3.24. The van der Waals surface area contributed by atoms with Gasteiger partial charge in [-0.05, 0) is 34.0 Å². The second-order valence-corrected chi connectivity index (χ2v) is 18.6. The zero-order chi connectivity index (χ0) is 37.3. The monoisotopic (exact) mass is 708 g/mol. The van der Waals surface area contributed by atoms with Crippen LogP contribution in [0.15, 0.2) is 0 Å². The molecule has 5 N–H and O–H groups in total. The predicted molar refractivity (Wildman–Crippen MR) is 178 cm³/mol. The van der Waals surface area contributed by atoms with Crippen LogP contribution in [0.4, 0.5) is 13.6 Å². The van der Waals surface area contributed by atoms with Crippen molar-refractivity contribution in [1.29, 1.82) is 0 Å². The number of likely N-dealkylation sites (N-methyl/N-ethyl adjacent to an activating group) is 1. The van der Waals surface area contributed by atoms with Crippen LogP contribution >= 0.6 is 0 Å². The zero-order valence-electron chi connectivity index (χ0n) is 30.5. The molecule has 48 heavy (non-hydrogen) atoms. The van der Waals surface area contributed by atoms with E-state index in [2.05, 4.69) is 21.3 Å². The molecule has 0 spiro atoms. The van der Waals surface area contributed by atoms with E-state index in [-0.39, 0.29) is 36.3 Å². The second kappa shape index (κ2) is 15.1. The molecule has 2 rings (SSSR count). The van der Waals surface area contributed by atoms with Crippen LogP contribution in [-0.4, -0.2) is 116 Å². The fraction of sp³-hybridized carbons (Fsp3) is 0.875. The summed E-state index contributed by atoms with van der Waals surface area (Å²) < 4.78 is 52.5. The Morgan fingerprint density at radius 1 is 0.979 bits per heavy atom. The number of rotatable bonds is 14. The van der Waals surface area contributed by atoms with Crippen molar-refractivity contribution in [3.8, 4) is 0 Å². The quantitative estimate of drug-likeness (QED) is 0.183. The number of halogens is 2. The number of hydrogen-bond donors (Lipinski definition) is 5. The first-order valence-electron chi connectivity index (χ1n) is 16.4. The summed E-state index contributed by atoms with van der Waals surface area (Å²) in [6, 6.07) is -5.85. The molecule has 5 amide bonds. The van der Waals surface area contributed by atoms with Gasteiger partial charge in [0.2, 0.25) is 34.2 Å². The maximum atomic E-state index is 14.3. The van der Waals surface area contributed by atoms with Crippen molar-refractivity contribution >= 4 is 33.8 Å². The SMILES string of the molecule is CC(C)[C@@H](CO)NC(=O)[C@H](CC(F)F)NC(=O)[C@@H]1[C@@H]2[C@H](CN1C(=O)[C@@H](NC(=O)N[C@H](CN(C)S(C)(=O)=O)C(C)(C)C)C(C)(C)C)C2(C)C. The highest BCUT2D eigenvalue weighted by Gasteiger charge is 2.70. The van der Waals surface area contributed by atoms with E-state index in [9.17, 15) is 41.5 Å². The van der Waals surface area contributed by atoms with Gasteiger partial charge in [0.1, 0.15) is 18.1 Å². The third-order valence-corrected chi connectivity index (χ3v) is 11.2. The summed E-state index contributed by atoms with van der Waals surface area (Å²) in [7, 11) is -2.13. The Hall–Kier alpha value is -2.59. The maximum absolute atomic E-state index is 14.3. The van der Waals surface area contributed by atoms with Crippen molar-refractivity contribution < 1.29 is 41.5 Å². The van der Waals surface area contributed by atoms with Crippen molar-refractivity contribution in [2.24, 2.45) is 34.0 Å². The molecule has 16 heteroatoms. The molecule has 1 aliphatic carbocycles. The molecule has 0 bridgehead atoms. The lowest BCUT2D eigenvalue weighted by Crippen LogP contribution is -2.63. The lowest BCUT2D eigenvalue weighted by Gasteiger charge is -2.39. The number of aliphatic hydroxyl groups is 1. The van der Waals surface area contributed by atoms with Gasteiger partial charge in [-0.2, -0.15) is 0 Å². The molecule has 1 heterocycles. The fourth-order valence-corrected chi connectivity index (χ4v) is 6.68. The highest BCUT2D eigenvalue weighted by Crippen LogP contribution is 2.65. The number of aliphatic hydroxyl groups excluding tert-OH is 1. The third kappa shape index (κ3) is 10.2. The molecule has 278 valence electrons. The molecule has 13 nitrogen and oxygen atoms in total. The number of fused-ring (bicyclic) bond motifs is 1. The van der Waals surface area contributed by atoms with E-state index in [4.69, 9.17) is 0 Å². The van der Waals surface area contributed by atoms with Crippen LogP contribution in [0.2, 0.25) is 0 Å². The Balaban J connectivity index is 2.35. The van der Waals surface area contributed by atoms with Crippen LogP contribution in [0.5, 0.6) is 0 Å². The van der Waals surface area contributed by atoms with Gasteiger partial charge >= 0.3 is 6.03 Å². The maximum Gasteiger partial charge on any atom is 0.315 e. The fourth-order valence-electron chi connectivity index (χ4n) is 6.26. The number of sulfonamides is 1. The van der Waals surface area contributed by atoms with Crippen molar-refractivity contribution in [1.82, 2.24) is 30.5 Å². The molecule has 0 aromatic rings. The molecular formula is C32H58F2N6O7S. The number of alkyl halides is 2. The lowest BCUT2D eigenvalue weighted by atomic mass is 9.85. The number of hydrogen-bond acceptors (Lipinski definition) is 7. The highest BCUT2D eigenvalue weighted by molar-refractivity contribution is 7.88. The second-order valence-electron chi connectivity index (χ2n) is 16.5. The Bertz CT molecular complexity index is 1300. The number of amides is 5. The number of carbonyl (C=O) groups excluding carboxylic acids is 4. The molecule has 1 saturated carbocycles. The van der Waals surface area contributed by atoms with Gasteiger partial charge in [0.05, 0.1) is 18.9 Å². The smallest absolute Gasteiger partial charge is 0.315 e. The Kier molecular flexibility index (Phi) is 13.1. The number of nitrogens with zero attached hydrogens (tertiary/aromatic N) is 2. The van der Waals surface area contributed by atoms with E-state index in [0.29, 0.717) is 0 Å². The Morgan fingerprint density at radius 2 is 1.54 bits per heavy atom. The van der Waals surface area contributed by atoms with Crippen molar-refractivity contribution in [3.05, 3.63) is 0 Å². The minimum atomic E-state index is -3.54. The number of urea groups is 1. The average molecular weight is 709 g/mol. The largest absolute Gasteiger partial charge is 0.394 e. The molecule has 0 unspecified atom stereocenters. The van der Waals surface area contributed by atoms with Gasteiger partial charge in [-0.15, -0.1) is 0 Å². The molecule has 2 fully saturated rings. The summed E-state index contributed by atoms with van der Waals surface area (Å²) in [6.07, 6.45) is -2.81. The van der Waals surface area contributed by atoms with E-state index in [1.54, 1.807) is 34.6 Å². The van der Waals surface area contributed by atoms with E-state index in [1.165, 1.54) is 11.9 Å². The molecule has 7 atom stereocenters. The van der Waals surface area contributed by atoms with Crippen molar-refractivity contribution in [3.63, 3.8) is 0 Å². The third-order valence-electron chi connectivity index (χ3n) is 9.88. The summed E-state index contributed by atoms with van der Waals surface area (Å²) in [5.41, 5.74) is -1.73. The molecule has 1 saturated heterocycles. The van der Waals surface area contributed by atoms with Gasteiger partial charge in [-0.25, -0.2) is 26.3 Å². The summed E-state index contributed by atoms with van der Waals surface area (Å²) in [5, 5.41) is 20.2. The Morgan fingerprint density at radius 3 is 1.98 bits per heavy atom. The first-order chi connectivity index (χ1) is 21.6. The lowest BCUT2D eigenvalue weighted by molar-refractivity contribution is -0.144. The van der Waals surface area contributed by atoms with Crippen LogP contribution in [0.1, 0.15) is 75.7 Å². The zero-order valence-corrected chi connectivity index (χ0v) is 31.3. The molecular weight excluding hydrogens is 650 g/mol. The first kappa shape index (κ1) is 41.6. The standard InChI is InChI=1S/C32H58F2N6O7S/c1-17(2)20(16-41)36-26(42)19(13-22(33)34)35-27(43)24-23-18(32(23,9)10)14-40(24)28(44)25(31(6,7)8)38-29(45)37-21(30(3,4)5)15-39(11)48(12,46)47/h17-25,41H,13-16H2,1-12H3,(H,35,43)(H,36,42)(H2,37,38,45)/t18-,19-,20+,21+,23-,24-,25+/m0/s1. The summed E-state index contributed by atoms with van der Waals surface area (Å²) >= 11 is 0. The summed E-state index contributed by atoms with van der Waals surface area (Å²) in [4.78, 5) is 55.9. The molecule has 0 aromatic heterocycles. The van der Waals surface area contributed by atoms with E-state index >= 15 is 0 Å². The van der Waals surface area contributed by atoms with E-state index < -0.39 is 94.3 Å². The molecule has 2 aliphatic rings. The normalized spacial score (nSPS) is 23.3. The van der Waals surface area contributed by atoms with Gasteiger partial charge in [0, 0.05) is 32.6 Å². The van der Waals surface area contributed by atoms with Crippen molar-refractivity contribution in [2.75, 3.05) is 33.0 Å². The number of likely N-dealkylation sites (tertiary alicyclic amines) is 1. The van der Waals surface area contributed by atoms with Gasteiger partial charge < -0.3 is 31.3 Å². The van der Waals surface area contributed by atoms with Gasteiger partial charge in [0.15, 0.2) is 0 Å². The number of nitrogens with one attached hydrogen (secondary N) is 4. The summed E-state index contributed by atoms with van der Waals surface area (Å²) in [5.74, 6) is -2.72. The Labute approximate surface area is 284 Å². The van der Waals surface area contributed by atoms with Crippen LogP contribution in [0.3, 0.4) is 0 Å². The van der Waals surface area contributed by atoms with Crippen LogP contribution < -0.4 is 21.3 Å². The van der Waals surface area contributed by atoms with Gasteiger partial charge in [-0.3, -0.25) is 14.4 Å². The first-order valence-corrected chi connectivity index (χ1v) is 18.3. The van der Waals surface area contributed by atoms with E-state index in [1.807, 2.05) is 34.6 Å². The highest BCUT2D eigenvalue weighted by atomic mass is 32.2. The van der Waals surface area contributed by atoms with E-state index in [0.717, 1.165) is 10.6 Å². The van der Waals surface area contributed by atoms with Crippen LogP contribution in [0.25, 0.3) is 0 Å². The minimum absolute atomic E-state index is 0.0136. The number of carbonyl (C=O) groups is 4. The molecule has 1 aliphatic heterocycles. The van der Waals surface area contributed by atoms with Gasteiger partial charge in [-0.1, -0.05) is 69.2 Å².